The number of hydrogen-bond donors (Lipinski definition) is 0. The van der Waals surface area contributed by atoms with Gasteiger partial charge in [-0.2, -0.15) is 0 Å². The Kier molecular flexibility index (Phi) is 9.28. The molecule has 0 aliphatic carbocycles. The lowest BCUT2D eigenvalue weighted by Crippen LogP contribution is -2.58. The van der Waals surface area contributed by atoms with E-state index in [1.165, 1.54) is 6.08 Å². The topological polar surface area (TPSA) is 184 Å². The summed E-state index contributed by atoms with van der Waals surface area (Å²) in [5, 5.41) is 11.9. The molecular formula is C21H27NO13. The van der Waals surface area contributed by atoms with Crippen molar-refractivity contribution in [2.45, 2.75) is 77.3 Å². The van der Waals surface area contributed by atoms with E-state index in [4.69, 9.17) is 28.4 Å². The fraction of sp³-hybridized carbons (Fsp3) is 0.667. The Morgan fingerprint density at radius 1 is 0.800 bits per heavy atom. The van der Waals surface area contributed by atoms with Crippen LogP contribution in [0.25, 0.3) is 0 Å². The summed E-state index contributed by atoms with van der Waals surface area (Å²) in [7, 11) is 0. The summed E-state index contributed by atoms with van der Waals surface area (Å²) in [6, 6.07) is -1.40. The van der Waals surface area contributed by atoms with Crippen LogP contribution in [0.15, 0.2) is 12.2 Å². The first-order valence-electron chi connectivity index (χ1n) is 10.6. The monoisotopic (exact) mass is 501 g/mol. The fourth-order valence-electron chi connectivity index (χ4n) is 4.18. The Hall–Kier alpha value is -3.55. The van der Waals surface area contributed by atoms with Crippen molar-refractivity contribution in [1.82, 2.24) is 0 Å². The molecule has 2 bridgehead atoms. The molecule has 14 nitrogen and oxygen atoms in total. The summed E-state index contributed by atoms with van der Waals surface area (Å²) in [5.74, 6) is -5.51. The van der Waals surface area contributed by atoms with E-state index in [-0.39, 0.29) is 0 Å². The highest BCUT2D eigenvalue weighted by Gasteiger charge is 2.61. The summed E-state index contributed by atoms with van der Waals surface area (Å²) in [4.78, 5) is 70.5. The van der Waals surface area contributed by atoms with Gasteiger partial charge in [0.2, 0.25) is 0 Å². The van der Waals surface area contributed by atoms with Gasteiger partial charge in [0, 0.05) is 39.5 Å². The van der Waals surface area contributed by atoms with E-state index in [1.807, 2.05) is 0 Å². The van der Waals surface area contributed by atoms with Gasteiger partial charge in [0.15, 0.2) is 24.4 Å². The van der Waals surface area contributed by atoms with Crippen LogP contribution in [0.2, 0.25) is 0 Å². The van der Waals surface area contributed by atoms with E-state index in [0.29, 0.717) is 0 Å². The van der Waals surface area contributed by atoms with E-state index < -0.39 is 90.0 Å². The molecule has 2 aliphatic rings. The van der Waals surface area contributed by atoms with Gasteiger partial charge in [0.25, 0.3) is 6.04 Å². The quantitative estimate of drug-likeness (QED) is 0.120. The Morgan fingerprint density at radius 3 is 1.80 bits per heavy atom. The van der Waals surface area contributed by atoms with Crippen LogP contribution in [0.5, 0.6) is 0 Å². The van der Waals surface area contributed by atoms with E-state index in [0.717, 1.165) is 34.6 Å². The normalized spacial score (nSPS) is 25.5. The molecule has 1 saturated heterocycles. The average molecular weight is 501 g/mol. The molecule has 8 atom stereocenters. The Morgan fingerprint density at radius 2 is 1.31 bits per heavy atom. The third-order valence-corrected chi connectivity index (χ3v) is 5.23. The molecule has 0 amide bonds. The maximum absolute atomic E-state index is 12.1. The molecule has 0 spiro atoms. The van der Waals surface area contributed by atoms with E-state index in [2.05, 4.69) is 0 Å². The van der Waals surface area contributed by atoms with Gasteiger partial charge in [0.1, 0.15) is 18.6 Å². The Labute approximate surface area is 199 Å². The first-order chi connectivity index (χ1) is 16.3. The average Bonchev–Trinajstić information content (AvgIpc) is 3.32. The standard InChI is InChI=1S/C21H27NO13/c1-9(23)30-8-16(31-10(2)24)19(32-11(3)25)21(34-13(5)27)20(33-12(4)26)17-14-6-7-15(35-14)18(17)22(28)29/h6-7,14-21H,8H2,1-5H3/t14-,15+,16+,17-,18-,19-,20-,21-/m0/s1. The van der Waals surface area contributed by atoms with Gasteiger partial charge in [-0.25, -0.2) is 0 Å². The molecule has 0 unspecified atom stereocenters. The molecule has 0 aromatic heterocycles. The zero-order valence-corrected chi connectivity index (χ0v) is 19.7. The van der Waals surface area contributed by atoms with Crippen LogP contribution in [0.4, 0.5) is 0 Å². The second-order valence-corrected chi connectivity index (χ2v) is 7.98. The smallest absolute Gasteiger partial charge is 0.303 e. The number of rotatable bonds is 11. The van der Waals surface area contributed by atoms with E-state index in [1.54, 1.807) is 6.08 Å². The second-order valence-electron chi connectivity index (χ2n) is 7.98. The first kappa shape index (κ1) is 27.7. The number of esters is 5. The Bertz CT molecular complexity index is 900. The van der Waals surface area contributed by atoms with Gasteiger partial charge in [-0.05, 0) is 0 Å². The molecule has 0 aromatic rings. The van der Waals surface area contributed by atoms with Crippen LogP contribution >= 0.6 is 0 Å². The number of fused-ring (bicyclic) bond motifs is 2. The molecule has 35 heavy (non-hydrogen) atoms. The van der Waals surface area contributed by atoms with Gasteiger partial charge in [-0.1, -0.05) is 12.2 Å². The SMILES string of the molecule is CC(=O)OC[C@@H](OC(C)=O)[C@H](OC(C)=O)[C@H](OC(C)=O)[C@@H](OC(C)=O)[C@@H]1[C@@H]([N+](=O)[O-])[C@H]2C=C[C@@H]1O2. The molecule has 2 aliphatic heterocycles. The van der Waals surface area contributed by atoms with Gasteiger partial charge in [-0.3, -0.25) is 34.1 Å². The summed E-state index contributed by atoms with van der Waals surface area (Å²) in [5.41, 5.74) is 0. The minimum absolute atomic E-state index is 0.608. The van der Waals surface area contributed by atoms with Crippen molar-refractivity contribution in [3.05, 3.63) is 22.3 Å². The summed E-state index contributed by atoms with van der Waals surface area (Å²) < 4.78 is 31.8. The van der Waals surface area contributed by atoms with Crippen molar-refractivity contribution in [3.8, 4) is 0 Å². The predicted octanol–water partition coefficient (Wildman–Crippen LogP) is -0.125. The van der Waals surface area contributed by atoms with Crippen LogP contribution in [0.3, 0.4) is 0 Å². The lowest BCUT2D eigenvalue weighted by atomic mass is 9.80. The molecule has 0 saturated carbocycles. The molecule has 0 aromatic carbocycles. The zero-order valence-electron chi connectivity index (χ0n) is 19.7. The highest BCUT2D eigenvalue weighted by Crippen LogP contribution is 2.41. The minimum Gasteiger partial charge on any atom is -0.462 e. The molecule has 14 heteroatoms. The molecule has 0 N–H and O–H groups in total. The third-order valence-electron chi connectivity index (χ3n) is 5.23. The lowest BCUT2D eigenvalue weighted by Gasteiger charge is -2.38. The molecular weight excluding hydrogens is 474 g/mol. The third kappa shape index (κ3) is 7.21. The number of carbonyl (C=O) groups is 5. The molecule has 194 valence electrons. The maximum atomic E-state index is 12.1. The summed E-state index contributed by atoms with van der Waals surface area (Å²) in [6.07, 6.45) is -5.28. The zero-order chi connectivity index (χ0) is 26.4. The van der Waals surface area contributed by atoms with Crippen LogP contribution in [0.1, 0.15) is 34.6 Å². The summed E-state index contributed by atoms with van der Waals surface area (Å²) in [6.45, 7) is 4.55. The lowest BCUT2D eigenvalue weighted by molar-refractivity contribution is -0.535. The number of nitrogens with zero attached hydrogens (tertiary/aromatic N) is 1. The van der Waals surface area contributed by atoms with Crippen molar-refractivity contribution in [2.24, 2.45) is 5.92 Å². The number of ether oxygens (including phenoxy) is 6. The Balaban J connectivity index is 2.61. The number of hydrogen-bond acceptors (Lipinski definition) is 13. The van der Waals surface area contributed by atoms with Crippen molar-refractivity contribution < 1.29 is 57.3 Å². The number of carbonyl (C=O) groups excluding carboxylic acids is 5. The van der Waals surface area contributed by atoms with Crippen LogP contribution in [-0.4, -0.2) is 84.0 Å². The predicted molar refractivity (Wildman–Crippen MR) is 111 cm³/mol. The van der Waals surface area contributed by atoms with Gasteiger partial charge in [-0.15, -0.1) is 0 Å². The van der Waals surface area contributed by atoms with Crippen molar-refractivity contribution in [1.29, 1.82) is 0 Å². The van der Waals surface area contributed by atoms with Crippen molar-refractivity contribution in [2.75, 3.05) is 6.61 Å². The van der Waals surface area contributed by atoms with Crippen molar-refractivity contribution in [3.63, 3.8) is 0 Å². The molecule has 2 rings (SSSR count). The number of nitro groups is 1. The summed E-state index contributed by atoms with van der Waals surface area (Å²) >= 11 is 0. The first-order valence-corrected chi connectivity index (χ1v) is 10.6. The highest BCUT2D eigenvalue weighted by molar-refractivity contribution is 5.69. The largest absolute Gasteiger partial charge is 0.462 e. The van der Waals surface area contributed by atoms with Crippen LogP contribution in [-0.2, 0) is 52.4 Å². The molecule has 1 fully saturated rings. The van der Waals surface area contributed by atoms with Crippen LogP contribution in [0, 0.1) is 16.0 Å². The van der Waals surface area contributed by atoms with E-state index >= 15 is 0 Å². The minimum atomic E-state index is -1.70. The van der Waals surface area contributed by atoms with Gasteiger partial charge >= 0.3 is 29.8 Å². The maximum Gasteiger partial charge on any atom is 0.303 e. The molecule has 2 heterocycles. The second kappa shape index (κ2) is 11.7. The molecule has 0 radical (unpaired) electrons. The van der Waals surface area contributed by atoms with Gasteiger partial charge < -0.3 is 28.4 Å². The van der Waals surface area contributed by atoms with Crippen molar-refractivity contribution >= 4 is 29.8 Å². The van der Waals surface area contributed by atoms with E-state index in [9.17, 15) is 34.1 Å². The van der Waals surface area contributed by atoms with Crippen LogP contribution < -0.4 is 0 Å². The highest BCUT2D eigenvalue weighted by atomic mass is 16.7. The fourth-order valence-corrected chi connectivity index (χ4v) is 4.18. The van der Waals surface area contributed by atoms with Gasteiger partial charge in [0.05, 0.1) is 6.10 Å².